The fraction of sp³-hybridized carbons (Fsp3) is 0.667. The molecule has 110 valence electrons. The van der Waals surface area contributed by atoms with Crippen molar-refractivity contribution < 1.29 is 14.0 Å². The van der Waals surface area contributed by atoms with Gasteiger partial charge in [0.05, 0.1) is 31.6 Å². The van der Waals surface area contributed by atoms with Crippen molar-refractivity contribution in [3.63, 3.8) is 0 Å². The summed E-state index contributed by atoms with van der Waals surface area (Å²) in [4.78, 5) is 10.7. The smallest absolute Gasteiger partial charge is 0.224 e. The summed E-state index contributed by atoms with van der Waals surface area (Å²) in [5.41, 5.74) is 0.609. The predicted molar refractivity (Wildman–Crippen MR) is 76.9 cm³/mol. The summed E-state index contributed by atoms with van der Waals surface area (Å²) in [6.45, 7) is 3.85. The van der Waals surface area contributed by atoms with Gasteiger partial charge in [-0.3, -0.25) is 0 Å². The molecular formula is C12H16ClN3O3S. The van der Waals surface area contributed by atoms with Gasteiger partial charge in [-0.15, -0.1) is 0 Å². The first-order valence-electron chi connectivity index (χ1n) is 6.41. The zero-order valence-electron chi connectivity index (χ0n) is 11.3. The molecule has 3 heterocycles. The number of hydrogen-bond acceptors (Lipinski definition) is 6. The molecule has 6 nitrogen and oxygen atoms in total. The Morgan fingerprint density at radius 2 is 2.20 bits per heavy atom. The summed E-state index contributed by atoms with van der Waals surface area (Å²) in [5, 5.41) is 0.159. The molecule has 0 bridgehead atoms. The molecular weight excluding hydrogens is 302 g/mol. The van der Waals surface area contributed by atoms with E-state index in [0.29, 0.717) is 42.8 Å². The minimum atomic E-state index is -1.01. The van der Waals surface area contributed by atoms with Crippen LogP contribution in [0.4, 0.5) is 5.82 Å². The maximum atomic E-state index is 11.5. The highest BCUT2D eigenvalue weighted by Gasteiger charge is 2.37. The molecule has 0 amide bonds. The number of halogens is 1. The Labute approximate surface area is 125 Å². The van der Waals surface area contributed by atoms with Gasteiger partial charge < -0.3 is 18.9 Å². The molecule has 3 atom stereocenters. The minimum absolute atomic E-state index is 0.136. The van der Waals surface area contributed by atoms with Gasteiger partial charge in [0.25, 0.3) is 0 Å². The van der Waals surface area contributed by atoms with Gasteiger partial charge in [-0.1, -0.05) is 11.2 Å². The highest BCUT2D eigenvalue weighted by Crippen LogP contribution is 2.38. The van der Waals surface area contributed by atoms with Crippen molar-refractivity contribution in [3.8, 4) is 5.75 Å². The van der Waals surface area contributed by atoms with Crippen LogP contribution in [-0.4, -0.2) is 52.7 Å². The molecule has 2 aliphatic rings. The van der Waals surface area contributed by atoms with Gasteiger partial charge in [0.15, 0.2) is 17.3 Å². The number of rotatable bonds is 2. The summed E-state index contributed by atoms with van der Waals surface area (Å²) in [7, 11) is 0. The highest BCUT2D eigenvalue weighted by molar-refractivity contribution is 7.89. The van der Waals surface area contributed by atoms with Crippen LogP contribution < -0.4 is 9.64 Å². The van der Waals surface area contributed by atoms with Crippen molar-refractivity contribution >= 4 is 28.6 Å². The third-order valence-electron chi connectivity index (χ3n) is 3.43. The predicted octanol–water partition coefficient (Wildman–Crippen LogP) is 0.995. The third kappa shape index (κ3) is 2.55. The van der Waals surface area contributed by atoms with Crippen LogP contribution in [0.5, 0.6) is 5.75 Å². The monoisotopic (exact) mass is 317 g/mol. The fourth-order valence-electron chi connectivity index (χ4n) is 2.65. The second kappa shape index (κ2) is 5.55. The molecule has 20 heavy (non-hydrogen) atoms. The van der Waals surface area contributed by atoms with E-state index in [2.05, 4.69) is 21.8 Å². The van der Waals surface area contributed by atoms with E-state index in [0.717, 1.165) is 0 Å². The van der Waals surface area contributed by atoms with E-state index in [4.69, 9.17) is 21.1 Å². The van der Waals surface area contributed by atoms with E-state index < -0.39 is 11.2 Å². The van der Waals surface area contributed by atoms with Gasteiger partial charge in [0.2, 0.25) is 5.28 Å². The van der Waals surface area contributed by atoms with E-state index in [1.165, 1.54) is 0 Å². The van der Waals surface area contributed by atoms with Crippen LogP contribution in [0.2, 0.25) is 5.28 Å². The Bertz CT molecular complexity index is 517. The van der Waals surface area contributed by atoms with Crippen molar-refractivity contribution in [1.82, 2.24) is 9.97 Å². The maximum Gasteiger partial charge on any atom is 0.224 e. The topological polar surface area (TPSA) is 70.5 Å². The number of nitrogens with zero attached hydrogens (tertiary/aromatic N) is 3. The molecule has 1 saturated heterocycles. The number of hydrogen-bond donors (Lipinski definition) is 0. The lowest BCUT2D eigenvalue weighted by Gasteiger charge is -2.44. The Morgan fingerprint density at radius 3 is 2.95 bits per heavy atom. The van der Waals surface area contributed by atoms with Gasteiger partial charge in [0.1, 0.15) is 12.3 Å². The molecule has 1 unspecified atom stereocenters. The Balaban J connectivity index is 2.04. The summed E-state index contributed by atoms with van der Waals surface area (Å²) < 4.78 is 22.8. The van der Waals surface area contributed by atoms with E-state index >= 15 is 0 Å². The van der Waals surface area contributed by atoms with Gasteiger partial charge in [-0.25, -0.2) is 4.98 Å². The number of morpholine rings is 1. The van der Waals surface area contributed by atoms with Crippen LogP contribution in [0.25, 0.3) is 0 Å². The quantitative estimate of drug-likeness (QED) is 0.598. The Kier molecular flexibility index (Phi) is 3.94. The van der Waals surface area contributed by atoms with Crippen molar-refractivity contribution in [2.75, 3.05) is 31.0 Å². The average Bonchev–Trinajstić information content (AvgIpc) is 2.37. The van der Waals surface area contributed by atoms with Crippen molar-refractivity contribution in [3.05, 3.63) is 11.0 Å². The number of ether oxygens (including phenoxy) is 2. The van der Waals surface area contributed by atoms with Crippen LogP contribution in [0.3, 0.4) is 0 Å². The van der Waals surface area contributed by atoms with E-state index in [1.807, 2.05) is 0 Å². The van der Waals surface area contributed by atoms with E-state index in [1.54, 1.807) is 6.26 Å². The Morgan fingerprint density at radius 1 is 1.40 bits per heavy atom. The lowest BCUT2D eigenvalue weighted by Crippen LogP contribution is -2.56. The summed E-state index contributed by atoms with van der Waals surface area (Å²) in [6.07, 6.45) is 1.63. The minimum Gasteiger partial charge on any atom is -0.616 e. The van der Waals surface area contributed by atoms with E-state index in [9.17, 15) is 4.55 Å². The third-order valence-corrected chi connectivity index (χ3v) is 4.28. The lowest BCUT2D eigenvalue weighted by molar-refractivity contribution is 0.0484. The van der Waals surface area contributed by atoms with Gasteiger partial charge >= 0.3 is 0 Å². The summed E-state index contributed by atoms with van der Waals surface area (Å²) in [5.74, 6) is 1.61. The largest absolute Gasteiger partial charge is 0.616 e. The van der Waals surface area contributed by atoms with Crippen molar-refractivity contribution in [2.45, 2.75) is 24.8 Å². The first-order chi connectivity index (χ1) is 9.56. The standard InChI is InChI=1S/C12H16ClN3O3S/c1-7-3-18-4-8-5-19-10-9(6-20(2)17)14-12(13)15-11(10)16(7)8/h7-8H,3-6H2,1-2H3/t7-,8+,20?/m1/s1. The molecule has 0 radical (unpaired) electrons. The van der Waals surface area contributed by atoms with Crippen LogP contribution in [0.15, 0.2) is 0 Å². The highest BCUT2D eigenvalue weighted by atomic mass is 35.5. The first-order valence-corrected chi connectivity index (χ1v) is 8.52. The molecule has 8 heteroatoms. The maximum absolute atomic E-state index is 11.5. The van der Waals surface area contributed by atoms with E-state index in [-0.39, 0.29) is 17.4 Å². The molecule has 0 aliphatic carbocycles. The number of anilines is 1. The number of fused-ring (bicyclic) bond motifs is 3. The Hall–Kier alpha value is -0.760. The SMILES string of the molecule is C[C@@H]1COC[C@H]2COc3c(C[S+](C)[O-])nc(Cl)nc3N21. The molecule has 1 aromatic heterocycles. The van der Waals surface area contributed by atoms with Crippen LogP contribution in [0, 0.1) is 0 Å². The molecule has 2 aliphatic heterocycles. The van der Waals surface area contributed by atoms with Gasteiger partial charge in [-0.05, 0) is 18.5 Å². The molecule has 1 fully saturated rings. The van der Waals surface area contributed by atoms with Crippen LogP contribution in [0.1, 0.15) is 12.6 Å². The molecule has 0 saturated carbocycles. The zero-order valence-corrected chi connectivity index (χ0v) is 12.9. The molecule has 1 aromatic rings. The van der Waals surface area contributed by atoms with Crippen LogP contribution >= 0.6 is 11.6 Å². The first kappa shape index (κ1) is 14.2. The van der Waals surface area contributed by atoms with Gasteiger partial charge in [-0.2, -0.15) is 4.98 Å². The second-order valence-electron chi connectivity index (χ2n) is 5.07. The van der Waals surface area contributed by atoms with Gasteiger partial charge in [0, 0.05) is 0 Å². The second-order valence-corrected chi connectivity index (χ2v) is 6.84. The molecule has 0 N–H and O–H groups in total. The average molecular weight is 318 g/mol. The molecule has 3 rings (SSSR count). The summed E-state index contributed by atoms with van der Waals surface area (Å²) >= 11 is 5.00. The van der Waals surface area contributed by atoms with Crippen molar-refractivity contribution in [1.29, 1.82) is 0 Å². The molecule has 0 aromatic carbocycles. The normalized spacial score (nSPS) is 26.5. The van der Waals surface area contributed by atoms with Crippen molar-refractivity contribution in [2.24, 2.45) is 0 Å². The fourth-order valence-corrected chi connectivity index (χ4v) is 3.42. The number of aromatic nitrogens is 2. The molecule has 0 spiro atoms. The van der Waals surface area contributed by atoms with Crippen LogP contribution in [-0.2, 0) is 21.7 Å². The summed E-state index contributed by atoms with van der Waals surface area (Å²) in [6, 6.07) is 0.333. The zero-order chi connectivity index (χ0) is 14.3. The lowest BCUT2D eigenvalue weighted by atomic mass is 10.1.